The summed E-state index contributed by atoms with van der Waals surface area (Å²) >= 11 is 1.67. The normalized spacial score (nSPS) is 10.9. The smallest absolute Gasteiger partial charge is 0.408 e. The van der Waals surface area contributed by atoms with Gasteiger partial charge >= 0.3 is 5.13 Å². The zero-order valence-corrected chi connectivity index (χ0v) is 18.7. The second kappa shape index (κ2) is 9.80. The van der Waals surface area contributed by atoms with Gasteiger partial charge < -0.3 is 17.3 Å². The fourth-order valence-corrected chi connectivity index (χ4v) is 3.90. The highest BCUT2D eigenvalue weighted by Crippen LogP contribution is 2.28. The van der Waals surface area contributed by atoms with Crippen molar-refractivity contribution in [1.82, 2.24) is 0 Å². The summed E-state index contributed by atoms with van der Waals surface area (Å²) in [5.74, 6) is 0. The summed E-state index contributed by atoms with van der Waals surface area (Å²) in [4.78, 5) is 3.65. The van der Waals surface area contributed by atoms with Crippen molar-refractivity contribution in [2.75, 3.05) is 11.4 Å². The first-order valence-corrected chi connectivity index (χ1v) is 10.1. The Bertz CT molecular complexity index is 951. The summed E-state index contributed by atoms with van der Waals surface area (Å²) in [5.41, 5.74) is 5.82. The van der Waals surface area contributed by atoms with E-state index in [1.807, 2.05) is 7.05 Å². The number of hydrogen-bond acceptors (Lipinski definition) is 4. The molecule has 4 nitrogen and oxygen atoms in total. The number of nitrogens with zero attached hydrogens (tertiary/aromatic N) is 4. The molecule has 0 aliphatic carbocycles. The van der Waals surface area contributed by atoms with Crippen LogP contribution in [0.15, 0.2) is 58.8 Å². The highest BCUT2D eigenvalue weighted by atomic mass is 35.5. The second-order valence-electron chi connectivity index (χ2n) is 6.76. The summed E-state index contributed by atoms with van der Waals surface area (Å²) in [6.07, 6.45) is 0. The Balaban J connectivity index is 0.00000280. The molecule has 1 aromatic heterocycles. The number of hydrogen-bond donors (Lipinski definition) is 0. The summed E-state index contributed by atoms with van der Waals surface area (Å²) in [6.45, 7) is 10.4. The first-order chi connectivity index (χ1) is 13.0. The zero-order valence-electron chi connectivity index (χ0n) is 17.1. The van der Waals surface area contributed by atoms with Crippen LogP contribution in [0.3, 0.4) is 0 Å². The molecular weight excluding hydrogens is 388 g/mol. The van der Waals surface area contributed by atoms with E-state index in [4.69, 9.17) is 0 Å². The van der Waals surface area contributed by atoms with Crippen molar-refractivity contribution >= 4 is 27.8 Å². The summed E-state index contributed by atoms with van der Waals surface area (Å²) < 4.78 is 2.09. The molecule has 0 aliphatic rings. The molecule has 3 aromatic rings. The number of azo groups is 1. The largest absolute Gasteiger partial charge is 1.00 e. The van der Waals surface area contributed by atoms with Crippen LogP contribution in [0.1, 0.15) is 28.6 Å². The molecule has 0 bridgehead atoms. The molecular formula is C22H27ClN4S. The molecule has 0 unspecified atom stereocenters. The highest BCUT2D eigenvalue weighted by molar-refractivity contribution is 7.14. The molecule has 28 heavy (non-hydrogen) atoms. The van der Waals surface area contributed by atoms with Crippen LogP contribution in [0.2, 0.25) is 0 Å². The summed E-state index contributed by atoms with van der Waals surface area (Å²) in [5, 5.41) is 9.90. The molecule has 2 aromatic carbocycles. The van der Waals surface area contributed by atoms with Crippen LogP contribution in [0, 0.1) is 20.8 Å². The maximum atomic E-state index is 4.50. The minimum absolute atomic E-state index is 0. The number of halogens is 1. The number of rotatable bonds is 6. The van der Waals surface area contributed by atoms with Crippen molar-refractivity contribution in [3.8, 4) is 0 Å². The Kier molecular flexibility index (Phi) is 7.72. The maximum absolute atomic E-state index is 4.50. The van der Waals surface area contributed by atoms with Crippen molar-refractivity contribution in [2.45, 2.75) is 34.2 Å². The number of aromatic nitrogens is 1. The van der Waals surface area contributed by atoms with E-state index in [2.05, 4.69) is 95.9 Å². The van der Waals surface area contributed by atoms with E-state index in [0.717, 1.165) is 29.5 Å². The summed E-state index contributed by atoms with van der Waals surface area (Å²) in [7, 11) is 2.03. The van der Waals surface area contributed by atoms with E-state index in [1.165, 1.54) is 21.8 Å². The number of anilines is 1. The molecule has 3 rings (SSSR count). The SMILES string of the molecule is CCN(Cc1ccccc1)c1ccc(N=Nc2sc(C)c(C)[n+]2C)c(C)c1.[Cl-]. The van der Waals surface area contributed by atoms with Gasteiger partial charge in [0.15, 0.2) is 0 Å². The number of thiazole rings is 1. The Morgan fingerprint density at radius 1 is 1.00 bits per heavy atom. The fraction of sp³-hybridized carbons (Fsp3) is 0.318. The molecule has 148 valence electrons. The average molecular weight is 415 g/mol. The Morgan fingerprint density at radius 3 is 2.29 bits per heavy atom. The highest BCUT2D eigenvalue weighted by Gasteiger charge is 2.16. The van der Waals surface area contributed by atoms with Gasteiger partial charge in [0.05, 0.1) is 17.0 Å². The average Bonchev–Trinajstić information content (AvgIpc) is 2.92. The molecule has 0 saturated carbocycles. The Morgan fingerprint density at radius 2 is 1.71 bits per heavy atom. The van der Waals surface area contributed by atoms with Crippen molar-refractivity contribution < 1.29 is 17.0 Å². The van der Waals surface area contributed by atoms with Crippen LogP contribution in [0.4, 0.5) is 16.5 Å². The molecule has 6 heteroatoms. The van der Waals surface area contributed by atoms with Gasteiger partial charge in [-0.05, 0) is 73.5 Å². The molecule has 0 atom stereocenters. The van der Waals surface area contributed by atoms with E-state index >= 15 is 0 Å². The second-order valence-corrected chi connectivity index (χ2v) is 7.94. The van der Waals surface area contributed by atoms with E-state index in [-0.39, 0.29) is 12.4 Å². The van der Waals surface area contributed by atoms with Gasteiger partial charge in [0.25, 0.3) is 0 Å². The van der Waals surface area contributed by atoms with Gasteiger partial charge in [-0.1, -0.05) is 30.3 Å². The van der Waals surface area contributed by atoms with Gasteiger partial charge in [0.2, 0.25) is 0 Å². The monoisotopic (exact) mass is 414 g/mol. The van der Waals surface area contributed by atoms with Crippen molar-refractivity contribution in [3.63, 3.8) is 0 Å². The van der Waals surface area contributed by atoms with E-state index in [0.29, 0.717) is 0 Å². The predicted octanol–water partition coefficient (Wildman–Crippen LogP) is 2.94. The first kappa shape index (κ1) is 22.1. The van der Waals surface area contributed by atoms with Gasteiger partial charge in [0.1, 0.15) is 11.4 Å². The van der Waals surface area contributed by atoms with Crippen LogP contribution in [0.5, 0.6) is 0 Å². The van der Waals surface area contributed by atoms with Crippen molar-refractivity contribution in [2.24, 2.45) is 17.3 Å². The lowest BCUT2D eigenvalue weighted by Crippen LogP contribution is -3.00. The van der Waals surface area contributed by atoms with Crippen LogP contribution < -0.4 is 21.9 Å². The molecule has 0 amide bonds. The lowest BCUT2D eigenvalue weighted by atomic mass is 10.1. The molecule has 0 N–H and O–H groups in total. The number of aryl methyl sites for hydroxylation is 2. The lowest BCUT2D eigenvalue weighted by molar-refractivity contribution is -0.660. The zero-order chi connectivity index (χ0) is 19.4. The third-order valence-corrected chi connectivity index (χ3v) is 6.07. The fourth-order valence-electron chi connectivity index (χ4n) is 2.98. The Labute approximate surface area is 178 Å². The maximum Gasteiger partial charge on any atom is 0.408 e. The Hall–Kier alpha value is -2.24. The third-order valence-electron chi connectivity index (χ3n) is 4.93. The van der Waals surface area contributed by atoms with Gasteiger partial charge in [-0.2, -0.15) is 0 Å². The molecule has 1 heterocycles. The van der Waals surface area contributed by atoms with E-state index in [1.54, 1.807) is 11.3 Å². The quantitative estimate of drug-likeness (QED) is 0.450. The molecule has 0 saturated heterocycles. The van der Waals surface area contributed by atoms with Crippen molar-refractivity contribution in [3.05, 3.63) is 70.2 Å². The van der Waals surface area contributed by atoms with E-state index in [9.17, 15) is 0 Å². The topological polar surface area (TPSA) is 31.8 Å². The third kappa shape index (κ3) is 4.97. The molecule has 0 radical (unpaired) electrons. The van der Waals surface area contributed by atoms with Crippen molar-refractivity contribution in [1.29, 1.82) is 0 Å². The van der Waals surface area contributed by atoms with Crippen LogP contribution in [-0.2, 0) is 13.6 Å². The van der Waals surface area contributed by atoms with Gasteiger partial charge in [0, 0.05) is 18.8 Å². The van der Waals surface area contributed by atoms with E-state index < -0.39 is 0 Å². The molecule has 0 fully saturated rings. The molecule has 0 spiro atoms. The summed E-state index contributed by atoms with van der Waals surface area (Å²) in [6, 6.07) is 17.0. The van der Waals surface area contributed by atoms with Crippen LogP contribution >= 0.6 is 11.3 Å². The van der Waals surface area contributed by atoms with Gasteiger partial charge in [-0.25, -0.2) is 4.57 Å². The number of benzene rings is 2. The van der Waals surface area contributed by atoms with Gasteiger partial charge in [-0.15, -0.1) is 0 Å². The molecule has 0 aliphatic heterocycles. The predicted molar refractivity (Wildman–Crippen MR) is 113 cm³/mol. The minimum atomic E-state index is 0. The van der Waals surface area contributed by atoms with Crippen LogP contribution in [-0.4, -0.2) is 6.54 Å². The standard InChI is InChI=1S/C22H27N4S.ClH/c1-6-26(15-19-10-8-7-9-11-19)20-12-13-21(16(2)14-20)23-24-22-25(5)17(3)18(4)27-22;/h7-14H,6,15H2,1-5H3;1H/q+1;/p-1. The first-order valence-electron chi connectivity index (χ1n) is 9.27. The minimum Gasteiger partial charge on any atom is -1.00 e. The van der Waals surface area contributed by atoms with Crippen LogP contribution in [0.25, 0.3) is 0 Å². The van der Waals surface area contributed by atoms with Gasteiger partial charge in [-0.3, -0.25) is 0 Å². The lowest BCUT2D eigenvalue weighted by Gasteiger charge is -2.23.